The fourth-order valence-electron chi connectivity index (χ4n) is 6.30. The minimum absolute atomic E-state index is 0.0796. The van der Waals surface area contributed by atoms with Gasteiger partial charge in [0.2, 0.25) is 5.91 Å². The van der Waals surface area contributed by atoms with Gasteiger partial charge in [-0.15, -0.1) is 0 Å². The Bertz CT molecular complexity index is 1170. The fourth-order valence-corrected chi connectivity index (χ4v) is 6.30. The number of halogens is 3. The summed E-state index contributed by atoms with van der Waals surface area (Å²) in [5.74, 6) is -0.918. The van der Waals surface area contributed by atoms with Crippen LogP contribution in [0.1, 0.15) is 54.9 Å². The van der Waals surface area contributed by atoms with Gasteiger partial charge in [0.25, 0.3) is 5.91 Å². The van der Waals surface area contributed by atoms with Gasteiger partial charge in [-0.3, -0.25) is 19.5 Å². The second-order valence-corrected chi connectivity index (χ2v) is 11.1. The van der Waals surface area contributed by atoms with E-state index in [9.17, 15) is 27.9 Å². The lowest BCUT2D eigenvalue weighted by Gasteiger charge is -2.32. The predicted octanol–water partition coefficient (Wildman–Crippen LogP) is 3.58. The number of carbonyl (C=O) groups excluding carboxylic acids is 2. The molecule has 0 bridgehead atoms. The van der Waals surface area contributed by atoms with Crippen LogP contribution in [0, 0.1) is 0 Å². The lowest BCUT2D eigenvalue weighted by Crippen LogP contribution is -2.46. The first-order valence-corrected chi connectivity index (χ1v) is 15.1. The zero-order valence-electron chi connectivity index (χ0n) is 24.6. The van der Waals surface area contributed by atoms with E-state index in [1.54, 1.807) is 11.1 Å². The molecule has 3 saturated heterocycles. The molecule has 3 aliphatic rings. The number of nitrogens with zero attached hydrogens (tertiary/aromatic N) is 4. The van der Waals surface area contributed by atoms with Crippen LogP contribution in [0.25, 0.3) is 0 Å². The topological polar surface area (TPSA) is 98.2 Å². The van der Waals surface area contributed by atoms with Crippen LogP contribution in [0.5, 0.6) is 0 Å². The molecule has 2 aromatic rings. The number of aromatic nitrogens is 1. The van der Waals surface area contributed by atoms with Crippen molar-refractivity contribution in [3.63, 3.8) is 0 Å². The number of aliphatic hydroxyl groups is 1. The molecule has 2 unspecified atom stereocenters. The molecule has 2 amide bonds. The third-order valence-corrected chi connectivity index (χ3v) is 8.37. The molecule has 3 fully saturated rings. The molecule has 0 radical (unpaired) electrons. The summed E-state index contributed by atoms with van der Waals surface area (Å²) in [6.07, 6.45) is 3.62. The van der Waals surface area contributed by atoms with Crippen molar-refractivity contribution in [2.24, 2.45) is 0 Å². The van der Waals surface area contributed by atoms with Crippen LogP contribution in [-0.4, -0.2) is 102 Å². The zero-order valence-corrected chi connectivity index (χ0v) is 24.6. The minimum atomic E-state index is -4.53. The van der Waals surface area contributed by atoms with E-state index in [2.05, 4.69) is 33.1 Å². The zero-order chi connectivity index (χ0) is 30.8. The number of hydrogen-bond donors (Lipinski definition) is 2. The molecule has 1 aromatic carbocycles. The van der Waals surface area contributed by atoms with Crippen LogP contribution >= 0.6 is 0 Å². The lowest BCUT2D eigenvalue weighted by atomic mass is 10.0. The highest BCUT2D eigenvalue weighted by atomic mass is 19.4. The molecule has 4 heterocycles. The van der Waals surface area contributed by atoms with Gasteiger partial charge in [0.05, 0.1) is 37.2 Å². The molecule has 2 N–H and O–H groups in total. The Kier molecular flexibility index (Phi) is 11.8. The van der Waals surface area contributed by atoms with Gasteiger partial charge >= 0.3 is 6.18 Å². The summed E-state index contributed by atoms with van der Waals surface area (Å²) in [7, 11) is 0. The molecule has 12 heteroatoms. The number of nitrogens with one attached hydrogen (secondary N) is 1. The van der Waals surface area contributed by atoms with Gasteiger partial charge < -0.3 is 25.0 Å². The molecule has 9 nitrogen and oxygen atoms in total. The number of amides is 2. The van der Waals surface area contributed by atoms with Gasteiger partial charge in [-0.25, -0.2) is 0 Å². The molecule has 0 aliphatic carbocycles. The Labute approximate surface area is 251 Å². The van der Waals surface area contributed by atoms with Crippen molar-refractivity contribution in [2.45, 2.75) is 63.3 Å². The maximum atomic E-state index is 12.8. The van der Waals surface area contributed by atoms with E-state index >= 15 is 0 Å². The summed E-state index contributed by atoms with van der Waals surface area (Å²) >= 11 is 0. The molecule has 3 aliphatic heterocycles. The number of benzene rings is 1. The van der Waals surface area contributed by atoms with E-state index < -0.39 is 17.6 Å². The molecule has 0 saturated carbocycles. The number of likely N-dealkylation sites (tertiary alicyclic amines) is 2. The SMILES string of the molecule is CCC[C@@H](CCO)N1CCC2C1CCN2C(=O)CNC(=O)c1cccc(C(F)(F)F)c1.c1cncc(N2CCOCC2)c1. The van der Waals surface area contributed by atoms with Crippen molar-refractivity contribution in [3.05, 3.63) is 59.9 Å². The molecule has 43 heavy (non-hydrogen) atoms. The van der Waals surface area contributed by atoms with Gasteiger partial charge in [0, 0.05) is 62.7 Å². The van der Waals surface area contributed by atoms with Crippen molar-refractivity contribution < 1.29 is 32.6 Å². The predicted molar refractivity (Wildman–Crippen MR) is 157 cm³/mol. The Balaban J connectivity index is 0.000000292. The highest BCUT2D eigenvalue weighted by Gasteiger charge is 2.45. The summed E-state index contributed by atoms with van der Waals surface area (Å²) in [4.78, 5) is 35.6. The minimum Gasteiger partial charge on any atom is -0.396 e. The van der Waals surface area contributed by atoms with E-state index in [0.29, 0.717) is 12.6 Å². The normalized spacial score (nSPS) is 21.1. The van der Waals surface area contributed by atoms with Crippen LogP contribution in [0.2, 0.25) is 0 Å². The first-order chi connectivity index (χ1) is 20.7. The maximum Gasteiger partial charge on any atom is 0.416 e. The van der Waals surface area contributed by atoms with Crippen molar-refractivity contribution in [2.75, 3.05) is 57.4 Å². The standard InChI is InChI=1S/C22H30F3N3O3.C9H12N2O/c1-2-4-17(9-12-29)27-10-7-19-18(27)8-11-28(19)20(30)14-26-21(31)15-5-3-6-16(13-15)22(23,24)25;1-2-9(8-10-3-1)11-4-6-12-7-5-11/h3,5-6,13,17-19,29H,2,4,7-12,14H2,1H3,(H,26,31);1-3,8H,4-7H2/t17-,18?,19?;/m0./s1. The van der Waals surface area contributed by atoms with Gasteiger partial charge in [0.15, 0.2) is 0 Å². The van der Waals surface area contributed by atoms with Crippen molar-refractivity contribution >= 4 is 17.5 Å². The first kappa shape index (κ1) is 32.7. The Morgan fingerprint density at radius 1 is 1.07 bits per heavy atom. The van der Waals surface area contributed by atoms with Crippen molar-refractivity contribution in [3.8, 4) is 0 Å². The van der Waals surface area contributed by atoms with E-state index in [4.69, 9.17) is 4.74 Å². The van der Waals surface area contributed by atoms with E-state index in [1.807, 2.05) is 12.3 Å². The quantitative estimate of drug-likeness (QED) is 0.451. The van der Waals surface area contributed by atoms with E-state index in [-0.39, 0.29) is 36.7 Å². The van der Waals surface area contributed by atoms with Gasteiger partial charge in [-0.2, -0.15) is 13.2 Å². The Hall–Kier alpha value is -3.22. The number of pyridine rings is 1. The first-order valence-electron chi connectivity index (χ1n) is 15.1. The second-order valence-electron chi connectivity index (χ2n) is 11.1. The summed E-state index contributed by atoms with van der Waals surface area (Å²) in [5, 5.41) is 11.9. The van der Waals surface area contributed by atoms with Crippen LogP contribution in [-0.2, 0) is 15.7 Å². The number of hydrogen-bond acceptors (Lipinski definition) is 7. The molecule has 0 spiro atoms. The number of fused-ring (bicyclic) bond motifs is 1. The molecule has 5 rings (SSSR count). The number of ether oxygens (including phenoxy) is 1. The third kappa shape index (κ3) is 8.67. The number of morpholine rings is 1. The summed E-state index contributed by atoms with van der Waals surface area (Å²) < 4.78 is 43.8. The highest BCUT2D eigenvalue weighted by Crippen LogP contribution is 2.34. The smallest absolute Gasteiger partial charge is 0.396 e. The number of anilines is 1. The Morgan fingerprint density at radius 2 is 1.84 bits per heavy atom. The molecular formula is C31H42F3N5O4. The fraction of sp³-hybridized carbons (Fsp3) is 0.581. The maximum absolute atomic E-state index is 12.8. The van der Waals surface area contributed by atoms with E-state index in [1.165, 1.54) is 17.8 Å². The summed E-state index contributed by atoms with van der Waals surface area (Å²) in [6, 6.07) is 8.85. The van der Waals surface area contributed by atoms with Crippen molar-refractivity contribution in [1.29, 1.82) is 0 Å². The highest BCUT2D eigenvalue weighted by molar-refractivity contribution is 5.96. The number of rotatable bonds is 9. The summed E-state index contributed by atoms with van der Waals surface area (Å²) in [6.45, 7) is 7.11. The van der Waals surface area contributed by atoms with Crippen LogP contribution in [0.3, 0.4) is 0 Å². The molecule has 1 aromatic heterocycles. The summed E-state index contributed by atoms with van der Waals surface area (Å²) in [5.41, 5.74) is 0.172. The van der Waals surface area contributed by atoms with Gasteiger partial charge in [-0.1, -0.05) is 19.4 Å². The number of carbonyl (C=O) groups is 2. The third-order valence-electron chi connectivity index (χ3n) is 8.37. The van der Waals surface area contributed by atoms with Crippen LogP contribution < -0.4 is 10.2 Å². The average molecular weight is 606 g/mol. The molecule has 236 valence electrons. The Morgan fingerprint density at radius 3 is 2.51 bits per heavy atom. The van der Waals surface area contributed by atoms with Crippen molar-refractivity contribution in [1.82, 2.24) is 20.1 Å². The number of aliphatic hydroxyl groups excluding tert-OH is 1. The second kappa shape index (κ2) is 15.5. The average Bonchev–Trinajstić information content (AvgIpc) is 3.63. The van der Waals surface area contributed by atoms with Crippen LogP contribution in [0.15, 0.2) is 48.8 Å². The monoisotopic (exact) mass is 605 g/mol. The largest absolute Gasteiger partial charge is 0.416 e. The van der Waals surface area contributed by atoms with Gasteiger partial charge in [-0.05, 0) is 56.0 Å². The molecular weight excluding hydrogens is 563 g/mol. The molecule has 3 atom stereocenters. The van der Waals surface area contributed by atoms with Crippen LogP contribution in [0.4, 0.5) is 18.9 Å². The van der Waals surface area contributed by atoms with E-state index in [0.717, 1.165) is 77.1 Å². The number of alkyl halides is 3. The van der Waals surface area contributed by atoms with Gasteiger partial charge in [0.1, 0.15) is 0 Å². The lowest BCUT2D eigenvalue weighted by molar-refractivity contribution is -0.137.